The number of β-amino-alcohol motifs (C(OH)–C–C–N with tert-alkyl or cyclic N) is 1. The van der Waals surface area contributed by atoms with Crippen LogP contribution in [-0.2, 0) is 9.59 Å². The number of aromatic nitrogens is 2. The molecule has 8 nitrogen and oxygen atoms in total. The Labute approximate surface area is 170 Å². The van der Waals surface area contributed by atoms with E-state index in [-0.39, 0.29) is 25.3 Å². The SMILES string of the molecule is CC(C)(CC(=O)O)CC(=O)NCC1(O)CCCN(c2ccnc3cccnc23)C1. The van der Waals surface area contributed by atoms with E-state index in [1.807, 2.05) is 18.2 Å². The molecule has 3 N–H and O–H groups in total. The number of nitrogens with one attached hydrogen (secondary N) is 1. The average molecular weight is 400 g/mol. The van der Waals surface area contributed by atoms with E-state index in [0.29, 0.717) is 13.0 Å². The van der Waals surface area contributed by atoms with Crippen LogP contribution in [0.5, 0.6) is 0 Å². The first-order valence-corrected chi connectivity index (χ1v) is 9.83. The number of aliphatic carboxylic acids is 1. The minimum atomic E-state index is -1.06. The topological polar surface area (TPSA) is 116 Å². The third-order valence-electron chi connectivity index (χ3n) is 5.25. The number of carboxylic acids is 1. The minimum Gasteiger partial charge on any atom is -0.481 e. The molecule has 0 saturated carbocycles. The summed E-state index contributed by atoms with van der Waals surface area (Å²) in [6.07, 6.45) is 4.84. The molecule has 156 valence electrons. The molecule has 0 aliphatic carbocycles. The van der Waals surface area contributed by atoms with Crippen molar-refractivity contribution in [1.82, 2.24) is 15.3 Å². The van der Waals surface area contributed by atoms with Crippen LogP contribution < -0.4 is 10.2 Å². The Hall–Kier alpha value is -2.74. The molecule has 0 radical (unpaired) electrons. The predicted octanol–water partition coefficient (Wildman–Crippen LogP) is 1.97. The van der Waals surface area contributed by atoms with Crippen LogP contribution in [0, 0.1) is 5.41 Å². The van der Waals surface area contributed by atoms with Crippen LogP contribution in [0.3, 0.4) is 0 Å². The van der Waals surface area contributed by atoms with Crippen LogP contribution in [0.4, 0.5) is 5.69 Å². The maximum absolute atomic E-state index is 12.3. The van der Waals surface area contributed by atoms with Crippen LogP contribution >= 0.6 is 0 Å². The van der Waals surface area contributed by atoms with Crippen molar-refractivity contribution in [2.24, 2.45) is 5.41 Å². The second-order valence-corrected chi connectivity index (χ2v) is 8.64. The van der Waals surface area contributed by atoms with E-state index in [1.165, 1.54) is 0 Å². The van der Waals surface area contributed by atoms with Crippen LogP contribution in [0.2, 0.25) is 0 Å². The van der Waals surface area contributed by atoms with Gasteiger partial charge in [0.05, 0.1) is 23.2 Å². The summed E-state index contributed by atoms with van der Waals surface area (Å²) in [5, 5.41) is 22.8. The number of aliphatic hydroxyl groups is 1. The summed E-state index contributed by atoms with van der Waals surface area (Å²) in [6.45, 7) is 4.79. The highest BCUT2D eigenvalue weighted by Crippen LogP contribution is 2.30. The van der Waals surface area contributed by atoms with Gasteiger partial charge in [-0.1, -0.05) is 13.8 Å². The molecule has 2 aromatic rings. The van der Waals surface area contributed by atoms with E-state index in [9.17, 15) is 14.7 Å². The van der Waals surface area contributed by atoms with Gasteiger partial charge in [0.1, 0.15) is 5.52 Å². The number of pyridine rings is 2. The molecule has 2 aromatic heterocycles. The van der Waals surface area contributed by atoms with E-state index in [4.69, 9.17) is 5.11 Å². The predicted molar refractivity (Wildman–Crippen MR) is 110 cm³/mol. The zero-order valence-corrected chi connectivity index (χ0v) is 16.9. The second-order valence-electron chi connectivity index (χ2n) is 8.64. The van der Waals surface area contributed by atoms with Crippen LogP contribution in [0.25, 0.3) is 11.0 Å². The molecule has 1 amide bonds. The summed E-state index contributed by atoms with van der Waals surface area (Å²) in [6, 6.07) is 5.64. The maximum Gasteiger partial charge on any atom is 0.303 e. The third kappa shape index (κ3) is 5.41. The number of carboxylic acid groups (broad SMARTS) is 1. The number of hydrogen-bond acceptors (Lipinski definition) is 6. The number of amides is 1. The molecule has 0 bridgehead atoms. The normalized spacial score (nSPS) is 19.9. The molecule has 1 aliphatic heterocycles. The maximum atomic E-state index is 12.3. The lowest BCUT2D eigenvalue weighted by Gasteiger charge is -2.40. The fourth-order valence-corrected chi connectivity index (χ4v) is 3.92. The smallest absolute Gasteiger partial charge is 0.303 e. The fraction of sp³-hybridized carbons (Fsp3) is 0.524. The molecular formula is C21H28N4O4. The Morgan fingerprint density at radius 2 is 2.03 bits per heavy atom. The summed E-state index contributed by atoms with van der Waals surface area (Å²) in [5.41, 5.74) is 0.808. The van der Waals surface area contributed by atoms with Gasteiger partial charge in [-0.15, -0.1) is 0 Å². The van der Waals surface area contributed by atoms with Crippen molar-refractivity contribution in [3.8, 4) is 0 Å². The molecule has 1 atom stereocenters. The Kier molecular flexibility index (Phi) is 6.02. The number of anilines is 1. The first-order valence-electron chi connectivity index (χ1n) is 9.83. The number of fused-ring (bicyclic) bond motifs is 1. The first kappa shape index (κ1) is 21.0. The van der Waals surface area contributed by atoms with E-state index < -0.39 is 17.0 Å². The van der Waals surface area contributed by atoms with Gasteiger partial charge in [-0.05, 0) is 36.5 Å². The lowest BCUT2D eigenvalue weighted by atomic mass is 9.85. The molecule has 1 saturated heterocycles. The third-order valence-corrected chi connectivity index (χ3v) is 5.25. The number of nitrogens with zero attached hydrogens (tertiary/aromatic N) is 3. The Morgan fingerprint density at radius 3 is 2.79 bits per heavy atom. The highest BCUT2D eigenvalue weighted by Gasteiger charge is 2.35. The lowest BCUT2D eigenvalue weighted by molar-refractivity contribution is -0.139. The van der Waals surface area contributed by atoms with Crippen molar-refractivity contribution in [1.29, 1.82) is 0 Å². The molecule has 29 heavy (non-hydrogen) atoms. The van der Waals surface area contributed by atoms with Crippen molar-refractivity contribution in [2.75, 3.05) is 24.5 Å². The quantitative estimate of drug-likeness (QED) is 0.651. The van der Waals surface area contributed by atoms with E-state index >= 15 is 0 Å². The number of carbonyl (C=O) groups excluding carboxylic acids is 1. The molecule has 8 heteroatoms. The van der Waals surface area contributed by atoms with Gasteiger partial charge in [-0.25, -0.2) is 0 Å². The van der Waals surface area contributed by atoms with Gasteiger partial charge in [0.2, 0.25) is 5.91 Å². The van der Waals surface area contributed by atoms with Gasteiger partial charge in [0.25, 0.3) is 0 Å². The lowest BCUT2D eigenvalue weighted by Crippen LogP contribution is -2.54. The highest BCUT2D eigenvalue weighted by molar-refractivity contribution is 5.87. The molecule has 0 aromatic carbocycles. The standard InChI is InChI=1S/C21H28N4O4/c1-20(2,12-18(27)28)11-17(26)24-13-21(29)7-4-10-25(14-21)16-6-9-22-15-5-3-8-23-19(15)16/h3,5-6,8-9,29H,4,7,10-14H2,1-2H3,(H,24,26)(H,27,28). The van der Waals surface area contributed by atoms with Crippen molar-refractivity contribution in [2.45, 2.75) is 45.1 Å². The van der Waals surface area contributed by atoms with Crippen molar-refractivity contribution in [3.05, 3.63) is 30.6 Å². The largest absolute Gasteiger partial charge is 0.481 e. The summed E-state index contributed by atoms with van der Waals surface area (Å²) in [7, 11) is 0. The minimum absolute atomic E-state index is 0.0828. The van der Waals surface area contributed by atoms with Crippen molar-refractivity contribution >= 4 is 28.6 Å². The van der Waals surface area contributed by atoms with E-state index in [2.05, 4.69) is 20.2 Å². The molecule has 3 rings (SSSR count). The molecule has 1 unspecified atom stereocenters. The zero-order chi connectivity index (χ0) is 21.1. The summed E-state index contributed by atoms with van der Waals surface area (Å²) in [4.78, 5) is 34.1. The number of rotatable bonds is 7. The van der Waals surface area contributed by atoms with Gasteiger partial charge < -0.3 is 20.4 Å². The van der Waals surface area contributed by atoms with Gasteiger partial charge >= 0.3 is 5.97 Å². The average Bonchev–Trinajstić information content (AvgIpc) is 2.64. The van der Waals surface area contributed by atoms with Crippen molar-refractivity contribution in [3.63, 3.8) is 0 Å². The summed E-state index contributed by atoms with van der Waals surface area (Å²) in [5.74, 6) is -1.18. The number of carbonyl (C=O) groups is 2. The number of hydrogen-bond donors (Lipinski definition) is 3. The number of piperidine rings is 1. The van der Waals surface area contributed by atoms with Gasteiger partial charge in [-0.3, -0.25) is 19.6 Å². The monoisotopic (exact) mass is 400 g/mol. The Morgan fingerprint density at radius 1 is 1.24 bits per heavy atom. The molecular weight excluding hydrogens is 372 g/mol. The molecule has 1 fully saturated rings. The van der Waals surface area contributed by atoms with Crippen LogP contribution in [-0.4, -0.2) is 57.3 Å². The molecule has 3 heterocycles. The summed E-state index contributed by atoms with van der Waals surface area (Å²) < 4.78 is 0. The first-order chi connectivity index (χ1) is 13.7. The van der Waals surface area contributed by atoms with E-state index in [1.54, 1.807) is 26.2 Å². The molecule has 1 aliphatic rings. The summed E-state index contributed by atoms with van der Waals surface area (Å²) >= 11 is 0. The molecule has 0 spiro atoms. The van der Waals surface area contributed by atoms with Gasteiger partial charge in [-0.2, -0.15) is 0 Å². The van der Waals surface area contributed by atoms with Crippen LogP contribution in [0.15, 0.2) is 30.6 Å². The van der Waals surface area contributed by atoms with Crippen molar-refractivity contribution < 1.29 is 19.8 Å². The Balaban J connectivity index is 1.65. The highest BCUT2D eigenvalue weighted by atomic mass is 16.4. The van der Waals surface area contributed by atoms with Gasteiger partial charge in [0, 0.05) is 38.4 Å². The zero-order valence-electron chi connectivity index (χ0n) is 16.9. The fourth-order valence-electron chi connectivity index (χ4n) is 3.92. The van der Waals surface area contributed by atoms with Gasteiger partial charge in [0.15, 0.2) is 0 Å². The van der Waals surface area contributed by atoms with E-state index in [0.717, 1.165) is 29.7 Å². The Bertz CT molecular complexity index is 896. The van der Waals surface area contributed by atoms with Crippen LogP contribution in [0.1, 0.15) is 39.5 Å². The second kappa shape index (κ2) is 8.32.